The van der Waals surface area contributed by atoms with E-state index >= 15 is 0 Å². The molecule has 2 aromatic carbocycles. The van der Waals surface area contributed by atoms with Crippen molar-refractivity contribution < 1.29 is 4.79 Å². The molecule has 4 nitrogen and oxygen atoms in total. The Hall–Kier alpha value is -3.40. The van der Waals surface area contributed by atoms with Crippen LogP contribution in [0.4, 0.5) is 5.82 Å². The van der Waals surface area contributed by atoms with Gasteiger partial charge < -0.3 is 9.88 Å². The molecule has 1 N–H and O–H groups in total. The van der Waals surface area contributed by atoms with E-state index in [1.54, 1.807) is 12.3 Å². The van der Waals surface area contributed by atoms with Gasteiger partial charge in [0.1, 0.15) is 12.4 Å². The van der Waals surface area contributed by atoms with E-state index in [-0.39, 0.29) is 12.5 Å². The third-order valence-electron chi connectivity index (χ3n) is 4.11. The van der Waals surface area contributed by atoms with E-state index in [9.17, 15) is 4.79 Å². The molecule has 0 spiro atoms. The van der Waals surface area contributed by atoms with Gasteiger partial charge in [-0.15, -0.1) is 0 Å². The number of aromatic nitrogens is 2. The van der Waals surface area contributed by atoms with Crippen molar-refractivity contribution in [1.82, 2.24) is 9.55 Å². The number of hydrogen-bond donors (Lipinski definition) is 1. The third-order valence-corrected chi connectivity index (χ3v) is 4.11. The molecular weight excluding hydrogens is 310 g/mol. The number of para-hydroxylation sites is 1. The molecule has 0 saturated heterocycles. The second-order valence-corrected chi connectivity index (χ2v) is 5.80. The van der Waals surface area contributed by atoms with Crippen molar-refractivity contribution >= 4 is 22.6 Å². The Morgan fingerprint density at radius 1 is 0.920 bits per heavy atom. The van der Waals surface area contributed by atoms with Gasteiger partial charge in [0, 0.05) is 22.8 Å². The smallest absolute Gasteiger partial charge is 0.245 e. The molecule has 122 valence electrons. The summed E-state index contributed by atoms with van der Waals surface area (Å²) in [5.41, 5.74) is 3.15. The monoisotopic (exact) mass is 327 g/mol. The molecule has 2 heterocycles. The fourth-order valence-corrected chi connectivity index (χ4v) is 2.99. The maximum atomic E-state index is 12.5. The van der Waals surface area contributed by atoms with E-state index in [1.807, 2.05) is 53.1 Å². The first-order chi connectivity index (χ1) is 12.3. The van der Waals surface area contributed by atoms with Gasteiger partial charge in [-0.1, -0.05) is 54.6 Å². The van der Waals surface area contributed by atoms with Gasteiger partial charge in [0.05, 0.1) is 0 Å². The number of anilines is 1. The van der Waals surface area contributed by atoms with Gasteiger partial charge in [-0.25, -0.2) is 4.98 Å². The Morgan fingerprint density at radius 3 is 2.48 bits per heavy atom. The van der Waals surface area contributed by atoms with Gasteiger partial charge in [-0.2, -0.15) is 0 Å². The number of amides is 1. The maximum absolute atomic E-state index is 12.5. The molecule has 25 heavy (non-hydrogen) atoms. The minimum Gasteiger partial charge on any atom is -0.331 e. The van der Waals surface area contributed by atoms with Crippen LogP contribution in [0.1, 0.15) is 0 Å². The van der Waals surface area contributed by atoms with Gasteiger partial charge >= 0.3 is 0 Å². The van der Waals surface area contributed by atoms with Gasteiger partial charge in [0.15, 0.2) is 0 Å². The van der Waals surface area contributed by atoms with Gasteiger partial charge in [0.2, 0.25) is 5.91 Å². The average molecular weight is 327 g/mol. The summed E-state index contributed by atoms with van der Waals surface area (Å²) in [6.45, 7) is 0.230. The van der Waals surface area contributed by atoms with Crippen molar-refractivity contribution in [3.05, 3.63) is 85.1 Å². The Kier molecular flexibility index (Phi) is 4.01. The first-order valence-electron chi connectivity index (χ1n) is 8.16. The molecule has 0 aliphatic heterocycles. The van der Waals surface area contributed by atoms with Crippen molar-refractivity contribution in [3.8, 4) is 11.3 Å². The van der Waals surface area contributed by atoms with Crippen LogP contribution in [-0.2, 0) is 11.3 Å². The topological polar surface area (TPSA) is 46.9 Å². The van der Waals surface area contributed by atoms with Crippen molar-refractivity contribution in [2.45, 2.75) is 6.54 Å². The summed E-state index contributed by atoms with van der Waals surface area (Å²) in [5, 5.41) is 3.97. The molecule has 0 aliphatic rings. The summed E-state index contributed by atoms with van der Waals surface area (Å²) in [7, 11) is 0. The standard InChI is InChI=1S/C21H17N3O/c25-21(23-20-12-6-7-13-22-20)15-24-18-11-5-4-10-17(18)14-19(24)16-8-2-1-3-9-16/h1-14H,15H2,(H,22,23,25). The number of carbonyl (C=O) groups excluding carboxylic acids is 1. The first-order valence-corrected chi connectivity index (χ1v) is 8.16. The summed E-state index contributed by atoms with van der Waals surface area (Å²) in [5.74, 6) is 0.461. The third kappa shape index (κ3) is 3.15. The number of nitrogens with one attached hydrogen (secondary N) is 1. The molecule has 4 heteroatoms. The zero-order chi connectivity index (χ0) is 17.1. The van der Waals surface area contributed by atoms with E-state index in [4.69, 9.17) is 0 Å². The molecule has 0 aliphatic carbocycles. The second kappa shape index (κ2) is 6.61. The average Bonchev–Trinajstić information content (AvgIpc) is 3.02. The maximum Gasteiger partial charge on any atom is 0.245 e. The van der Waals surface area contributed by atoms with Gasteiger partial charge in [0.25, 0.3) is 0 Å². The number of benzene rings is 2. The number of pyridine rings is 1. The zero-order valence-electron chi connectivity index (χ0n) is 13.6. The lowest BCUT2D eigenvalue weighted by molar-refractivity contribution is -0.116. The van der Waals surface area contributed by atoms with Crippen LogP contribution in [0, 0.1) is 0 Å². The quantitative estimate of drug-likeness (QED) is 0.606. The van der Waals surface area contributed by atoms with E-state index in [1.165, 1.54) is 0 Å². The summed E-state index contributed by atoms with van der Waals surface area (Å²) >= 11 is 0. The molecule has 0 fully saturated rings. The molecular formula is C21H17N3O. The lowest BCUT2D eigenvalue weighted by Crippen LogP contribution is -2.19. The Bertz CT molecular complexity index is 1010. The van der Waals surface area contributed by atoms with Crippen molar-refractivity contribution in [2.24, 2.45) is 0 Å². The van der Waals surface area contributed by atoms with E-state index in [0.29, 0.717) is 5.82 Å². The van der Waals surface area contributed by atoms with Crippen LogP contribution in [0.15, 0.2) is 85.1 Å². The Morgan fingerprint density at radius 2 is 1.68 bits per heavy atom. The Labute approximate surface area is 145 Å². The predicted molar refractivity (Wildman–Crippen MR) is 100 cm³/mol. The summed E-state index contributed by atoms with van der Waals surface area (Å²) in [4.78, 5) is 16.7. The fourth-order valence-electron chi connectivity index (χ4n) is 2.99. The number of carbonyl (C=O) groups is 1. The normalized spacial score (nSPS) is 10.7. The minimum absolute atomic E-state index is 0.0998. The van der Waals surface area contributed by atoms with Crippen LogP contribution in [0.5, 0.6) is 0 Å². The number of hydrogen-bond acceptors (Lipinski definition) is 2. The Balaban J connectivity index is 1.71. The molecule has 2 aromatic heterocycles. The summed E-state index contributed by atoms with van der Waals surface area (Å²) in [6.07, 6.45) is 1.66. The molecule has 0 saturated carbocycles. The van der Waals surface area contributed by atoms with Crippen LogP contribution in [0.2, 0.25) is 0 Å². The zero-order valence-corrected chi connectivity index (χ0v) is 13.6. The number of nitrogens with zero attached hydrogens (tertiary/aromatic N) is 2. The van der Waals surface area contributed by atoms with Crippen molar-refractivity contribution in [3.63, 3.8) is 0 Å². The highest BCUT2D eigenvalue weighted by Gasteiger charge is 2.13. The fraction of sp³-hybridized carbons (Fsp3) is 0.0476. The van der Waals surface area contributed by atoms with Crippen molar-refractivity contribution in [1.29, 1.82) is 0 Å². The number of fused-ring (bicyclic) bond motifs is 1. The lowest BCUT2D eigenvalue weighted by atomic mass is 10.1. The highest BCUT2D eigenvalue weighted by molar-refractivity contribution is 5.93. The van der Waals surface area contributed by atoms with Crippen LogP contribution in [-0.4, -0.2) is 15.5 Å². The minimum atomic E-state index is -0.0998. The molecule has 4 rings (SSSR count). The predicted octanol–water partition coefficient (Wildman–Crippen LogP) is 4.34. The summed E-state index contributed by atoms with van der Waals surface area (Å²) < 4.78 is 2.04. The number of rotatable bonds is 4. The SMILES string of the molecule is O=C(Cn1c(-c2ccccc2)cc2ccccc21)Nc1ccccn1. The highest BCUT2D eigenvalue weighted by Crippen LogP contribution is 2.28. The molecule has 0 radical (unpaired) electrons. The highest BCUT2D eigenvalue weighted by atomic mass is 16.2. The molecule has 0 unspecified atom stereocenters. The van der Waals surface area contributed by atoms with Gasteiger partial charge in [-0.05, 0) is 29.8 Å². The van der Waals surface area contributed by atoms with E-state index < -0.39 is 0 Å². The second-order valence-electron chi connectivity index (χ2n) is 5.80. The van der Waals surface area contributed by atoms with Gasteiger partial charge in [-0.3, -0.25) is 4.79 Å². The lowest BCUT2D eigenvalue weighted by Gasteiger charge is -2.11. The first kappa shape index (κ1) is 15.1. The van der Waals surface area contributed by atoms with Crippen molar-refractivity contribution in [2.75, 3.05) is 5.32 Å². The van der Waals surface area contributed by atoms with E-state index in [0.717, 1.165) is 22.2 Å². The molecule has 4 aromatic rings. The van der Waals surface area contributed by atoms with E-state index in [2.05, 4.69) is 34.6 Å². The van der Waals surface area contributed by atoms with Crippen LogP contribution in [0.3, 0.4) is 0 Å². The largest absolute Gasteiger partial charge is 0.331 e. The van der Waals surface area contributed by atoms with Crippen LogP contribution >= 0.6 is 0 Å². The van der Waals surface area contributed by atoms with Crippen LogP contribution < -0.4 is 5.32 Å². The van der Waals surface area contributed by atoms with Crippen LogP contribution in [0.25, 0.3) is 22.2 Å². The molecule has 1 amide bonds. The molecule has 0 atom stereocenters. The molecule has 0 bridgehead atoms. The summed E-state index contributed by atoms with van der Waals surface area (Å²) in [6, 6.07) is 25.8.